The van der Waals surface area contributed by atoms with Gasteiger partial charge in [0.05, 0.1) is 31.0 Å². The Bertz CT molecular complexity index is 532. The molecule has 2 N–H and O–H groups in total. The summed E-state index contributed by atoms with van der Waals surface area (Å²) in [4.78, 5) is 0. The van der Waals surface area contributed by atoms with Crippen LogP contribution in [-0.4, -0.2) is 44.2 Å². The van der Waals surface area contributed by atoms with Crippen LogP contribution in [0.3, 0.4) is 0 Å². The molecule has 0 saturated heterocycles. The predicted molar refractivity (Wildman–Crippen MR) is 100.0 cm³/mol. The zero-order valence-electron chi connectivity index (χ0n) is 15.8. The van der Waals surface area contributed by atoms with E-state index in [4.69, 9.17) is 31.1 Å². The van der Waals surface area contributed by atoms with Crippen molar-refractivity contribution in [3.63, 3.8) is 0 Å². The maximum atomic E-state index is 6.01. The number of benzene rings is 1. The fourth-order valence-corrected chi connectivity index (χ4v) is 1.99. The van der Waals surface area contributed by atoms with Gasteiger partial charge in [0, 0.05) is 13.0 Å². The lowest BCUT2D eigenvalue weighted by Gasteiger charge is -2.32. The van der Waals surface area contributed by atoms with Crippen molar-refractivity contribution in [2.75, 3.05) is 33.0 Å². The highest BCUT2D eigenvalue weighted by Gasteiger charge is 2.25. The molecule has 140 valence electrons. The van der Waals surface area contributed by atoms with Crippen LogP contribution >= 0.6 is 0 Å². The van der Waals surface area contributed by atoms with Gasteiger partial charge < -0.3 is 24.7 Å². The standard InChI is InChI=1S/C20H31NO4/c1-6-13-22-17-7-9-18(10-8-17)23-14-11-19(2,3)25-16-20(4,5)24-15-12-21/h1,7-10H,11-16,21H2,2-5H3. The number of rotatable bonds is 12. The van der Waals surface area contributed by atoms with Crippen molar-refractivity contribution in [3.05, 3.63) is 24.3 Å². The minimum absolute atomic E-state index is 0.261. The zero-order valence-corrected chi connectivity index (χ0v) is 15.8. The number of ether oxygens (including phenoxy) is 4. The lowest BCUT2D eigenvalue weighted by molar-refractivity contribution is -0.122. The van der Waals surface area contributed by atoms with Crippen LogP contribution < -0.4 is 15.2 Å². The van der Waals surface area contributed by atoms with Crippen LogP contribution in [0.2, 0.25) is 0 Å². The Balaban J connectivity index is 2.34. The smallest absolute Gasteiger partial charge is 0.148 e. The zero-order chi connectivity index (χ0) is 18.8. The second-order valence-electron chi connectivity index (χ2n) is 7.01. The summed E-state index contributed by atoms with van der Waals surface area (Å²) in [5.41, 5.74) is 4.81. The van der Waals surface area contributed by atoms with E-state index in [0.717, 1.165) is 17.9 Å². The molecule has 0 amide bonds. The highest BCUT2D eigenvalue weighted by molar-refractivity contribution is 5.31. The van der Waals surface area contributed by atoms with Crippen molar-refractivity contribution in [3.8, 4) is 23.8 Å². The van der Waals surface area contributed by atoms with Crippen LogP contribution in [0.15, 0.2) is 24.3 Å². The first-order chi connectivity index (χ1) is 11.8. The molecule has 5 nitrogen and oxygen atoms in total. The van der Waals surface area contributed by atoms with Crippen LogP contribution in [0, 0.1) is 12.3 Å². The Hall–Kier alpha value is -1.74. The molecule has 1 aromatic rings. The topological polar surface area (TPSA) is 62.9 Å². The van der Waals surface area contributed by atoms with Crippen molar-refractivity contribution in [1.82, 2.24) is 0 Å². The summed E-state index contributed by atoms with van der Waals surface area (Å²) < 4.78 is 22.8. The third-order valence-corrected chi connectivity index (χ3v) is 3.54. The summed E-state index contributed by atoms with van der Waals surface area (Å²) in [6.07, 6.45) is 5.92. The lowest BCUT2D eigenvalue weighted by atomic mass is 10.0. The molecule has 0 fully saturated rings. The third kappa shape index (κ3) is 9.35. The minimum atomic E-state index is -0.355. The summed E-state index contributed by atoms with van der Waals surface area (Å²) >= 11 is 0. The number of hydrogen-bond acceptors (Lipinski definition) is 5. The molecule has 0 aliphatic carbocycles. The van der Waals surface area contributed by atoms with Gasteiger partial charge in [0.1, 0.15) is 18.1 Å². The highest BCUT2D eigenvalue weighted by atomic mass is 16.6. The maximum Gasteiger partial charge on any atom is 0.148 e. The summed E-state index contributed by atoms with van der Waals surface area (Å²) in [5.74, 6) is 3.95. The second-order valence-corrected chi connectivity index (χ2v) is 7.01. The van der Waals surface area contributed by atoms with Crippen molar-refractivity contribution in [2.45, 2.75) is 45.3 Å². The van der Waals surface area contributed by atoms with Gasteiger partial charge in [0.25, 0.3) is 0 Å². The van der Waals surface area contributed by atoms with Gasteiger partial charge in [0.15, 0.2) is 0 Å². The lowest BCUT2D eigenvalue weighted by Crippen LogP contribution is -2.38. The van der Waals surface area contributed by atoms with Crippen molar-refractivity contribution in [1.29, 1.82) is 0 Å². The molecule has 0 atom stereocenters. The van der Waals surface area contributed by atoms with E-state index in [1.54, 1.807) is 0 Å². The van der Waals surface area contributed by atoms with Crippen LogP contribution in [0.1, 0.15) is 34.1 Å². The molecule has 5 heteroatoms. The molecule has 0 heterocycles. The van der Waals surface area contributed by atoms with Crippen LogP contribution in [0.25, 0.3) is 0 Å². The van der Waals surface area contributed by atoms with E-state index in [2.05, 4.69) is 5.92 Å². The first-order valence-corrected chi connectivity index (χ1v) is 8.55. The van der Waals surface area contributed by atoms with Gasteiger partial charge in [-0.05, 0) is 52.0 Å². The molecule has 0 unspecified atom stereocenters. The molecule has 1 rings (SSSR count). The Morgan fingerprint density at radius 2 is 1.52 bits per heavy atom. The van der Waals surface area contributed by atoms with Gasteiger partial charge in [-0.15, -0.1) is 6.42 Å². The summed E-state index contributed by atoms with van der Waals surface area (Å²) in [5, 5.41) is 0. The van der Waals surface area contributed by atoms with Crippen molar-refractivity contribution in [2.24, 2.45) is 5.73 Å². The van der Waals surface area contributed by atoms with Gasteiger partial charge in [-0.25, -0.2) is 0 Å². The summed E-state index contributed by atoms with van der Waals surface area (Å²) in [6.45, 7) is 10.4. The molecular weight excluding hydrogens is 318 g/mol. The monoisotopic (exact) mass is 349 g/mol. The molecule has 25 heavy (non-hydrogen) atoms. The molecule has 1 aromatic carbocycles. The fraction of sp³-hybridized carbons (Fsp3) is 0.600. The largest absolute Gasteiger partial charge is 0.493 e. The van der Waals surface area contributed by atoms with Crippen LogP contribution in [0.4, 0.5) is 0 Å². The molecule has 0 saturated carbocycles. The molecule has 0 radical (unpaired) electrons. The van der Waals surface area contributed by atoms with E-state index in [1.165, 1.54) is 0 Å². The molecule has 0 bridgehead atoms. The van der Waals surface area contributed by atoms with Gasteiger partial charge in [-0.3, -0.25) is 0 Å². The van der Waals surface area contributed by atoms with E-state index in [-0.39, 0.29) is 17.8 Å². The highest BCUT2D eigenvalue weighted by Crippen LogP contribution is 2.21. The first-order valence-electron chi connectivity index (χ1n) is 8.55. The van der Waals surface area contributed by atoms with Gasteiger partial charge >= 0.3 is 0 Å². The predicted octanol–water partition coefficient (Wildman–Crippen LogP) is 3.02. The summed E-state index contributed by atoms with van der Waals surface area (Å²) in [7, 11) is 0. The van der Waals surface area contributed by atoms with E-state index in [1.807, 2.05) is 52.0 Å². The third-order valence-electron chi connectivity index (χ3n) is 3.54. The van der Waals surface area contributed by atoms with Gasteiger partial charge in [-0.1, -0.05) is 5.92 Å². The maximum absolute atomic E-state index is 6.01. The summed E-state index contributed by atoms with van der Waals surface area (Å²) in [6, 6.07) is 7.41. The first kappa shape index (κ1) is 21.3. The van der Waals surface area contributed by atoms with E-state index in [9.17, 15) is 0 Å². The average molecular weight is 349 g/mol. The SMILES string of the molecule is C#CCOc1ccc(OCCC(C)(C)OCC(C)(C)OCCN)cc1. The van der Waals surface area contributed by atoms with Gasteiger partial charge in [0.2, 0.25) is 0 Å². The number of hydrogen-bond donors (Lipinski definition) is 1. The quantitative estimate of drug-likeness (QED) is 0.588. The van der Waals surface area contributed by atoms with Gasteiger partial charge in [-0.2, -0.15) is 0 Å². The second kappa shape index (κ2) is 10.3. The van der Waals surface area contributed by atoms with Crippen LogP contribution in [0.5, 0.6) is 11.5 Å². The Kier molecular flexibility index (Phi) is 8.77. The molecule has 0 spiro atoms. The van der Waals surface area contributed by atoms with E-state index in [0.29, 0.717) is 26.4 Å². The Morgan fingerprint density at radius 1 is 0.920 bits per heavy atom. The van der Waals surface area contributed by atoms with Crippen molar-refractivity contribution >= 4 is 0 Å². The van der Waals surface area contributed by atoms with Crippen LogP contribution in [-0.2, 0) is 9.47 Å². The molecule has 0 aliphatic rings. The fourth-order valence-electron chi connectivity index (χ4n) is 1.99. The number of terminal acetylenes is 1. The molecule has 0 aromatic heterocycles. The molecular formula is C20H31NO4. The normalized spacial score (nSPS) is 11.8. The minimum Gasteiger partial charge on any atom is -0.493 e. The van der Waals surface area contributed by atoms with E-state index < -0.39 is 0 Å². The van der Waals surface area contributed by atoms with E-state index >= 15 is 0 Å². The Labute approximate surface area is 151 Å². The molecule has 0 aliphatic heterocycles. The number of nitrogens with two attached hydrogens (primary N) is 1. The Morgan fingerprint density at radius 3 is 2.08 bits per heavy atom. The average Bonchev–Trinajstić information content (AvgIpc) is 2.58. The van der Waals surface area contributed by atoms with Crippen molar-refractivity contribution < 1.29 is 18.9 Å².